The van der Waals surface area contributed by atoms with E-state index in [0.29, 0.717) is 6.54 Å². The van der Waals surface area contributed by atoms with Gasteiger partial charge < -0.3 is 10.5 Å². The molecule has 0 aromatic heterocycles. The molecule has 1 rings (SSSR count). The van der Waals surface area contributed by atoms with E-state index < -0.39 is 16.4 Å². The van der Waals surface area contributed by atoms with Crippen molar-refractivity contribution in [1.82, 2.24) is 0 Å². The van der Waals surface area contributed by atoms with E-state index in [0.717, 1.165) is 0 Å². The monoisotopic (exact) mass is 245 g/mol. The van der Waals surface area contributed by atoms with Gasteiger partial charge in [-0.2, -0.15) is 8.42 Å². The van der Waals surface area contributed by atoms with Gasteiger partial charge in [0.25, 0.3) is 10.1 Å². The Morgan fingerprint density at radius 1 is 1.31 bits per heavy atom. The first-order chi connectivity index (χ1) is 7.56. The van der Waals surface area contributed by atoms with E-state index in [4.69, 9.17) is 14.7 Å². The predicted molar refractivity (Wildman–Crippen MR) is 59.2 cm³/mol. The lowest BCUT2D eigenvalue weighted by molar-refractivity contribution is -0.0593. The van der Waals surface area contributed by atoms with Crippen molar-refractivity contribution in [3.05, 3.63) is 30.3 Å². The summed E-state index contributed by atoms with van der Waals surface area (Å²) in [6, 6.07) is 7.91. The average Bonchev–Trinajstić information content (AvgIpc) is 2.27. The SMILES string of the molecule is CC(OCCN)OS(=O)(=O)c1ccccc1. The van der Waals surface area contributed by atoms with Crippen LogP contribution >= 0.6 is 0 Å². The van der Waals surface area contributed by atoms with Crippen LogP contribution in [-0.4, -0.2) is 27.9 Å². The van der Waals surface area contributed by atoms with E-state index in [1.54, 1.807) is 18.2 Å². The molecule has 1 aromatic carbocycles. The van der Waals surface area contributed by atoms with Crippen LogP contribution in [0, 0.1) is 0 Å². The van der Waals surface area contributed by atoms with E-state index >= 15 is 0 Å². The van der Waals surface area contributed by atoms with Crippen molar-refractivity contribution < 1.29 is 17.3 Å². The molecular weight excluding hydrogens is 230 g/mol. The molecule has 16 heavy (non-hydrogen) atoms. The van der Waals surface area contributed by atoms with Gasteiger partial charge in [-0.25, -0.2) is 4.18 Å². The van der Waals surface area contributed by atoms with Crippen molar-refractivity contribution >= 4 is 10.1 Å². The molecule has 6 heteroatoms. The van der Waals surface area contributed by atoms with Gasteiger partial charge in [0.1, 0.15) is 0 Å². The Hall–Kier alpha value is -0.950. The Morgan fingerprint density at radius 2 is 1.94 bits per heavy atom. The summed E-state index contributed by atoms with van der Waals surface area (Å²) in [4.78, 5) is 0.109. The Labute approximate surface area is 95.3 Å². The standard InChI is InChI=1S/C10H15NO4S/c1-9(14-8-7-11)15-16(12,13)10-5-3-2-4-6-10/h2-6,9H,7-8,11H2,1H3. The molecule has 0 spiro atoms. The third-order valence-electron chi connectivity index (χ3n) is 1.76. The zero-order valence-electron chi connectivity index (χ0n) is 9.00. The van der Waals surface area contributed by atoms with Gasteiger partial charge in [0, 0.05) is 6.54 Å². The summed E-state index contributed by atoms with van der Waals surface area (Å²) in [6.45, 7) is 2.08. The lowest BCUT2D eigenvalue weighted by Gasteiger charge is -2.13. The van der Waals surface area contributed by atoms with Gasteiger partial charge >= 0.3 is 0 Å². The highest BCUT2D eigenvalue weighted by Crippen LogP contribution is 2.13. The van der Waals surface area contributed by atoms with Crippen LogP contribution in [0.25, 0.3) is 0 Å². The minimum atomic E-state index is -3.76. The van der Waals surface area contributed by atoms with Crippen molar-refractivity contribution in [2.75, 3.05) is 13.2 Å². The molecule has 0 aliphatic rings. The van der Waals surface area contributed by atoms with E-state index in [-0.39, 0.29) is 11.5 Å². The summed E-state index contributed by atoms with van der Waals surface area (Å²) in [5.74, 6) is 0. The molecule has 1 atom stereocenters. The van der Waals surface area contributed by atoms with E-state index in [2.05, 4.69) is 0 Å². The van der Waals surface area contributed by atoms with Crippen LogP contribution in [0.5, 0.6) is 0 Å². The number of hydrogen-bond donors (Lipinski definition) is 1. The minimum absolute atomic E-state index is 0.109. The second-order valence-electron chi connectivity index (χ2n) is 3.09. The summed E-state index contributed by atoms with van der Waals surface area (Å²) >= 11 is 0. The molecule has 0 heterocycles. The molecule has 2 N–H and O–H groups in total. The lowest BCUT2D eigenvalue weighted by atomic mass is 10.4. The van der Waals surface area contributed by atoms with Gasteiger partial charge in [-0.3, -0.25) is 0 Å². The molecule has 0 radical (unpaired) electrons. The highest BCUT2D eigenvalue weighted by atomic mass is 32.2. The van der Waals surface area contributed by atoms with Crippen molar-refractivity contribution in [2.45, 2.75) is 18.1 Å². The van der Waals surface area contributed by atoms with Crippen LogP contribution in [0.1, 0.15) is 6.92 Å². The molecule has 0 bridgehead atoms. The first-order valence-corrected chi connectivity index (χ1v) is 6.27. The van der Waals surface area contributed by atoms with Gasteiger partial charge in [0.15, 0.2) is 6.29 Å². The van der Waals surface area contributed by atoms with E-state index in [1.807, 2.05) is 0 Å². The highest BCUT2D eigenvalue weighted by Gasteiger charge is 2.18. The maximum Gasteiger partial charge on any atom is 0.299 e. The lowest BCUT2D eigenvalue weighted by Crippen LogP contribution is -2.21. The molecule has 0 fully saturated rings. The fraction of sp³-hybridized carbons (Fsp3) is 0.400. The molecule has 1 aromatic rings. The third-order valence-corrected chi connectivity index (χ3v) is 3.14. The smallest absolute Gasteiger partial charge is 0.299 e. The summed E-state index contributed by atoms with van der Waals surface area (Å²) < 4.78 is 33.2. The molecule has 1 unspecified atom stereocenters. The highest BCUT2D eigenvalue weighted by molar-refractivity contribution is 7.86. The van der Waals surface area contributed by atoms with Crippen LogP contribution in [0.4, 0.5) is 0 Å². The Bertz CT molecular complexity index is 404. The third kappa shape index (κ3) is 3.90. The first kappa shape index (κ1) is 13.1. The normalized spacial score (nSPS) is 13.6. The molecule has 0 saturated heterocycles. The molecule has 0 aliphatic carbocycles. The Morgan fingerprint density at radius 3 is 2.50 bits per heavy atom. The van der Waals surface area contributed by atoms with Crippen molar-refractivity contribution in [3.8, 4) is 0 Å². The van der Waals surface area contributed by atoms with Crippen LogP contribution in [0.3, 0.4) is 0 Å². The number of rotatable bonds is 6. The minimum Gasteiger partial charge on any atom is -0.350 e. The zero-order valence-corrected chi connectivity index (χ0v) is 9.81. The summed E-state index contributed by atoms with van der Waals surface area (Å²) in [5, 5.41) is 0. The number of nitrogens with two attached hydrogens (primary N) is 1. The quantitative estimate of drug-likeness (QED) is 0.590. The Balaban J connectivity index is 2.66. The number of hydrogen-bond acceptors (Lipinski definition) is 5. The van der Waals surface area contributed by atoms with Crippen molar-refractivity contribution in [1.29, 1.82) is 0 Å². The number of benzene rings is 1. The van der Waals surface area contributed by atoms with E-state index in [9.17, 15) is 8.42 Å². The molecule has 0 saturated carbocycles. The van der Waals surface area contributed by atoms with Crippen LogP contribution in [-0.2, 0) is 19.0 Å². The molecule has 90 valence electrons. The van der Waals surface area contributed by atoms with Crippen LogP contribution in [0.2, 0.25) is 0 Å². The predicted octanol–water partition coefficient (Wildman–Crippen LogP) is 0.713. The number of ether oxygens (including phenoxy) is 1. The summed E-state index contributed by atoms with van der Waals surface area (Å²) in [7, 11) is -3.76. The molecule has 0 aliphatic heterocycles. The topological polar surface area (TPSA) is 78.6 Å². The zero-order chi connectivity index (χ0) is 12.0. The average molecular weight is 245 g/mol. The Kier molecular flexibility index (Phi) is 4.88. The fourth-order valence-corrected chi connectivity index (χ4v) is 2.10. The maximum absolute atomic E-state index is 11.7. The largest absolute Gasteiger partial charge is 0.350 e. The molecule has 0 amide bonds. The van der Waals surface area contributed by atoms with Gasteiger partial charge in [0.05, 0.1) is 11.5 Å². The molecular formula is C10H15NO4S. The maximum atomic E-state index is 11.7. The van der Waals surface area contributed by atoms with Crippen LogP contribution in [0.15, 0.2) is 35.2 Å². The van der Waals surface area contributed by atoms with Gasteiger partial charge in [-0.15, -0.1) is 0 Å². The van der Waals surface area contributed by atoms with Crippen molar-refractivity contribution in [3.63, 3.8) is 0 Å². The summed E-state index contributed by atoms with van der Waals surface area (Å²) in [6.07, 6.45) is -0.839. The second kappa shape index (κ2) is 5.95. The van der Waals surface area contributed by atoms with Crippen molar-refractivity contribution in [2.24, 2.45) is 5.73 Å². The second-order valence-corrected chi connectivity index (χ2v) is 4.66. The van der Waals surface area contributed by atoms with Gasteiger partial charge in [-0.05, 0) is 19.1 Å². The van der Waals surface area contributed by atoms with Gasteiger partial charge in [0.2, 0.25) is 0 Å². The van der Waals surface area contributed by atoms with Gasteiger partial charge in [-0.1, -0.05) is 18.2 Å². The van der Waals surface area contributed by atoms with Crippen LogP contribution < -0.4 is 5.73 Å². The first-order valence-electron chi connectivity index (χ1n) is 4.86. The fourth-order valence-electron chi connectivity index (χ4n) is 1.08. The molecule has 5 nitrogen and oxygen atoms in total. The summed E-state index contributed by atoms with van der Waals surface area (Å²) in [5.41, 5.74) is 5.22. The van der Waals surface area contributed by atoms with E-state index in [1.165, 1.54) is 19.1 Å².